The molecule has 2 aliphatic rings. The number of hydrogen-bond donors (Lipinski definition) is 1. The highest BCUT2D eigenvalue weighted by Crippen LogP contribution is 2.48. The van der Waals surface area contributed by atoms with Gasteiger partial charge >= 0.3 is 12.4 Å². The molecule has 1 saturated carbocycles. The highest BCUT2D eigenvalue weighted by Gasteiger charge is 2.39. The molecule has 304 valence electrons. The van der Waals surface area contributed by atoms with Crippen molar-refractivity contribution in [3.63, 3.8) is 0 Å². The predicted octanol–water partition coefficient (Wildman–Crippen LogP) is 15.9. The maximum Gasteiger partial charge on any atom is 0.419 e. The summed E-state index contributed by atoms with van der Waals surface area (Å²) < 4.78 is 137. The molecule has 0 bridgehead atoms. The van der Waals surface area contributed by atoms with Crippen molar-refractivity contribution in [1.29, 1.82) is 0 Å². The Hall–Kier alpha value is -3.68. The van der Waals surface area contributed by atoms with E-state index in [9.17, 15) is 40.2 Å². The molecule has 4 aromatic carbocycles. The molecule has 1 nitrogen and oxygen atoms in total. The van der Waals surface area contributed by atoms with Gasteiger partial charge in [0.2, 0.25) is 0 Å². The first-order valence-corrected chi connectivity index (χ1v) is 20.8. The van der Waals surface area contributed by atoms with Gasteiger partial charge in [-0.25, -0.2) is 17.6 Å². The largest absolute Gasteiger partial charge is 0.419 e. The SMILES string of the molecule is CCCC1CC=C(c2ccc3c(sc4c(F)c(C(F)(F)F)ccc43)c2F)CC1.CCCC1CCC(O)(c2ccc3c(sc4c(F)c(C(F)(F)F)ccc43)c2F)CC1. The third-order valence-electron chi connectivity index (χ3n) is 11.7. The molecule has 0 spiro atoms. The minimum atomic E-state index is -4.82. The number of alkyl halides is 6. The van der Waals surface area contributed by atoms with Gasteiger partial charge in [0.15, 0.2) is 11.6 Å². The van der Waals surface area contributed by atoms with Crippen LogP contribution in [-0.4, -0.2) is 5.11 Å². The van der Waals surface area contributed by atoms with E-state index in [2.05, 4.69) is 19.9 Å². The Morgan fingerprint density at radius 3 is 1.53 bits per heavy atom. The molecule has 2 aromatic heterocycles. The number of fused-ring (bicyclic) bond motifs is 6. The molecule has 13 heteroatoms. The van der Waals surface area contributed by atoms with E-state index < -0.39 is 52.3 Å². The van der Waals surface area contributed by atoms with Gasteiger partial charge in [0.05, 0.1) is 35.5 Å². The summed E-state index contributed by atoms with van der Waals surface area (Å²) in [6, 6.07) is 10.3. The Bertz CT molecular complexity index is 2480. The Balaban J connectivity index is 0.000000174. The Kier molecular flexibility index (Phi) is 11.5. The minimum absolute atomic E-state index is 0.0832. The van der Waals surface area contributed by atoms with Gasteiger partial charge in [-0.1, -0.05) is 82.0 Å². The van der Waals surface area contributed by atoms with Gasteiger partial charge in [-0.2, -0.15) is 26.3 Å². The maximum absolute atomic E-state index is 15.4. The summed E-state index contributed by atoms with van der Waals surface area (Å²) in [6.07, 6.45) is 2.10. The third kappa shape index (κ3) is 7.80. The van der Waals surface area contributed by atoms with Gasteiger partial charge < -0.3 is 5.11 Å². The lowest BCUT2D eigenvalue weighted by Crippen LogP contribution is -2.32. The van der Waals surface area contributed by atoms with Crippen molar-refractivity contribution >= 4 is 68.6 Å². The normalized spacial score (nSPS) is 20.7. The summed E-state index contributed by atoms with van der Waals surface area (Å²) in [7, 11) is 0. The Labute approximate surface area is 331 Å². The zero-order valence-electron chi connectivity index (χ0n) is 31.2. The number of aliphatic hydroxyl groups is 1. The van der Waals surface area contributed by atoms with Gasteiger partial charge in [-0.3, -0.25) is 0 Å². The van der Waals surface area contributed by atoms with Crippen LogP contribution in [0, 0.1) is 35.1 Å². The molecule has 8 rings (SSSR count). The van der Waals surface area contributed by atoms with Crippen molar-refractivity contribution in [3.8, 4) is 0 Å². The lowest BCUT2D eigenvalue weighted by molar-refractivity contribution is -0.140. The highest BCUT2D eigenvalue weighted by molar-refractivity contribution is 7.26. The maximum atomic E-state index is 15.4. The standard InChI is InChI=1S/C22H21F5OS.C22H19F5S/c1-2-3-12-8-10-21(28,11-9-12)15-6-4-13-14-5-7-16(22(25,26)27)18(24)20(14)29-19(13)17(15)23;1-2-3-12-4-6-13(7-5-12)14-8-9-15-16-10-11-17(22(25,26)27)19(24)21(16)28-20(15)18(14)23/h4-7,12,28H,2-3,8-11H2,1H3;6,8-12H,2-5,7H2,1H3. The van der Waals surface area contributed by atoms with Gasteiger partial charge in [0.1, 0.15) is 11.6 Å². The number of benzene rings is 4. The van der Waals surface area contributed by atoms with Crippen molar-refractivity contribution < 1.29 is 49.0 Å². The van der Waals surface area contributed by atoms with Gasteiger partial charge in [0, 0.05) is 32.7 Å². The number of rotatable bonds is 6. The number of thiophene rings is 2. The molecule has 1 fully saturated rings. The van der Waals surface area contributed by atoms with Crippen LogP contribution in [0.5, 0.6) is 0 Å². The second-order valence-electron chi connectivity index (χ2n) is 15.3. The molecule has 2 heterocycles. The van der Waals surface area contributed by atoms with Crippen LogP contribution in [0.15, 0.2) is 54.6 Å². The topological polar surface area (TPSA) is 20.2 Å². The van der Waals surface area contributed by atoms with E-state index in [4.69, 9.17) is 0 Å². The van der Waals surface area contributed by atoms with E-state index in [1.807, 2.05) is 0 Å². The van der Waals surface area contributed by atoms with Crippen LogP contribution in [-0.2, 0) is 18.0 Å². The molecule has 1 atom stereocenters. The summed E-state index contributed by atoms with van der Waals surface area (Å²) in [5, 5.41) is 12.5. The van der Waals surface area contributed by atoms with Crippen LogP contribution >= 0.6 is 22.7 Å². The van der Waals surface area contributed by atoms with Crippen LogP contribution in [0.1, 0.15) is 107 Å². The van der Waals surface area contributed by atoms with E-state index in [-0.39, 0.29) is 29.7 Å². The van der Waals surface area contributed by atoms with Crippen molar-refractivity contribution in [2.24, 2.45) is 11.8 Å². The molecular formula is C44H40F10OS2. The second-order valence-corrected chi connectivity index (χ2v) is 17.4. The number of halogens is 10. The Morgan fingerprint density at radius 2 is 1.05 bits per heavy atom. The van der Waals surface area contributed by atoms with E-state index in [1.54, 1.807) is 18.2 Å². The summed E-state index contributed by atoms with van der Waals surface area (Å²) in [5.41, 5.74) is -2.41. The molecule has 1 unspecified atom stereocenters. The first-order valence-electron chi connectivity index (χ1n) is 19.2. The van der Waals surface area contributed by atoms with Crippen LogP contribution in [0.25, 0.3) is 45.9 Å². The van der Waals surface area contributed by atoms with Crippen LogP contribution in [0.3, 0.4) is 0 Å². The molecule has 57 heavy (non-hydrogen) atoms. The van der Waals surface area contributed by atoms with Crippen LogP contribution < -0.4 is 0 Å². The second kappa shape index (κ2) is 15.8. The van der Waals surface area contributed by atoms with Crippen LogP contribution in [0.2, 0.25) is 0 Å². The minimum Gasteiger partial charge on any atom is -0.385 e. The van der Waals surface area contributed by atoms with E-state index >= 15 is 8.78 Å². The van der Waals surface area contributed by atoms with E-state index in [1.165, 1.54) is 18.2 Å². The van der Waals surface area contributed by atoms with Gasteiger partial charge in [0.25, 0.3) is 0 Å². The lowest BCUT2D eigenvalue weighted by Gasteiger charge is -2.36. The monoisotopic (exact) mass is 838 g/mol. The summed E-state index contributed by atoms with van der Waals surface area (Å²) in [4.78, 5) is 0. The predicted molar refractivity (Wildman–Crippen MR) is 209 cm³/mol. The van der Waals surface area contributed by atoms with E-state index in [0.717, 1.165) is 80.8 Å². The van der Waals surface area contributed by atoms with Crippen LogP contribution in [0.4, 0.5) is 43.9 Å². The van der Waals surface area contributed by atoms with Gasteiger partial charge in [-0.05, 0) is 74.5 Å². The molecule has 0 amide bonds. The average Bonchev–Trinajstić information content (AvgIpc) is 3.74. The number of hydrogen-bond acceptors (Lipinski definition) is 3. The van der Waals surface area contributed by atoms with Crippen molar-refractivity contribution in [2.75, 3.05) is 0 Å². The smallest absolute Gasteiger partial charge is 0.385 e. The molecule has 6 aromatic rings. The highest BCUT2D eigenvalue weighted by atomic mass is 32.1. The van der Waals surface area contributed by atoms with Gasteiger partial charge in [-0.15, -0.1) is 22.7 Å². The molecule has 1 N–H and O–H groups in total. The first kappa shape index (κ1) is 41.5. The summed E-state index contributed by atoms with van der Waals surface area (Å²) >= 11 is 1.42. The first-order chi connectivity index (χ1) is 27.0. The van der Waals surface area contributed by atoms with E-state index in [0.29, 0.717) is 63.8 Å². The number of allylic oxidation sites excluding steroid dienone is 2. The fourth-order valence-corrected chi connectivity index (χ4v) is 11.0. The third-order valence-corrected chi connectivity index (χ3v) is 14.1. The summed E-state index contributed by atoms with van der Waals surface area (Å²) in [6.45, 7) is 4.26. The quantitative estimate of drug-likeness (QED) is 0.166. The molecular weight excluding hydrogens is 799 g/mol. The zero-order chi connectivity index (χ0) is 41.0. The molecule has 0 aliphatic heterocycles. The zero-order valence-corrected chi connectivity index (χ0v) is 32.8. The molecule has 0 saturated heterocycles. The van der Waals surface area contributed by atoms with Crippen molar-refractivity contribution in [3.05, 3.63) is 100 Å². The average molecular weight is 839 g/mol. The summed E-state index contributed by atoms with van der Waals surface area (Å²) in [5.74, 6) is -2.69. The van der Waals surface area contributed by atoms with Crippen molar-refractivity contribution in [1.82, 2.24) is 0 Å². The lowest BCUT2D eigenvalue weighted by atomic mass is 9.74. The fourth-order valence-electron chi connectivity index (χ4n) is 8.65. The fraction of sp³-hybridized carbons (Fsp3) is 0.409. The molecule has 0 radical (unpaired) electrons. The Morgan fingerprint density at radius 1 is 0.596 bits per heavy atom. The van der Waals surface area contributed by atoms with Crippen molar-refractivity contribution in [2.45, 2.75) is 102 Å². The molecule has 2 aliphatic carbocycles.